The van der Waals surface area contributed by atoms with Crippen molar-refractivity contribution in [2.45, 2.75) is 57.5 Å². The Balaban J connectivity index is 1.46. The van der Waals surface area contributed by atoms with Crippen molar-refractivity contribution in [2.75, 3.05) is 13.2 Å². The molecule has 0 amide bonds. The van der Waals surface area contributed by atoms with E-state index in [0.29, 0.717) is 29.3 Å². The van der Waals surface area contributed by atoms with E-state index in [1.54, 1.807) is 18.2 Å². The van der Waals surface area contributed by atoms with Gasteiger partial charge in [-0.15, -0.1) is 0 Å². The largest absolute Gasteiger partial charge is 0.489 e. The van der Waals surface area contributed by atoms with Crippen molar-refractivity contribution in [3.05, 3.63) is 77.1 Å². The number of halogens is 3. The number of hydrogen-bond donors (Lipinski definition) is 0. The molecule has 2 nitrogen and oxygen atoms in total. The van der Waals surface area contributed by atoms with Gasteiger partial charge in [0.15, 0.2) is 11.6 Å². The van der Waals surface area contributed by atoms with E-state index in [1.165, 1.54) is 18.2 Å². The fourth-order valence-electron chi connectivity index (χ4n) is 5.47. The van der Waals surface area contributed by atoms with Crippen LogP contribution in [0.2, 0.25) is 0 Å². The van der Waals surface area contributed by atoms with E-state index in [1.807, 2.05) is 6.92 Å². The smallest absolute Gasteiger partial charge is 0.174 e. The first-order valence-corrected chi connectivity index (χ1v) is 12.1. The lowest BCUT2D eigenvalue weighted by atomic mass is 9.65. The Morgan fingerprint density at radius 1 is 0.941 bits per heavy atom. The zero-order chi connectivity index (χ0) is 24.1. The van der Waals surface area contributed by atoms with Crippen molar-refractivity contribution >= 4 is 0 Å². The summed E-state index contributed by atoms with van der Waals surface area (Å²) in [6.07, 6.45) is 7.87. The van der Waals surface area contributed by atoms with Crippen LogP contribution in [-0.4, -0.2) is 19.3 Å². The lowest BCUT2D eigenvalue weighted by Gasteiger charge is -2.42. The summed E-state index contributed by atoms with van der Waals surface area (Å²) >= 11 is 0. The highest BCUT2D eigenvalue weighted by atomic mass is 19.2. The van der Waals surface area contributed by atoms with Crippen LogP contribution in [0.4, 0.5) is 13.2 Å². The number of hydrogen-bond acceptors (Lipinski definition) is 2. The van der Waals surface area contributed by atoms with Crippen molar-refractivity contribution in [1.29, 1.82) is 0 Å². The maximum atomic E-state index is 15.0. The normalized spacial score (nSPS) is 24.0. The first kappa shape index (κ1) is 24.4. The highest BCUT2D eigenvalue weighted by Gasteiger charge is 2.37. The van der Waals surface area contributed by atoms with Gasteiger partial charge in [0, 0.05) is 12.7 Å². The first-order chi connectivity index (χ1) is 16.5. The van der Waals surface area contributed by atoms with E-state index in [4.69, 9.17) is 9.47 Å². The predicted molar refractivity (Wildman–Crippen MR) is 127 cm³/mol. The van der Waals surface area contributed by atoms with Gasteiger partial charge in [0.05, 0.1) is 17.2 Å². The molecular weight excluding hydrogens is 437 g/mol. The monoisotopic (exact) mass is 468 g/mol. The molecule has 2 aromatic rings. The Labute approximate surface area is 200 Å². The number of fused-ring (bicyclic) bond motifs is 1. The van der Waals surface area contributed by atoms with E-state index >= 15 is 4.39 Å². The van der Waals surface area contributed by atoms with Crippen LogP contribution in [0.1, 0.15) is 68.1 Å². The van der Waals surface area contributed by atoms with Crippen LogP contribution in [-0.2, 0) is 4.74 Å². The van der Waals surface area contributed by atoms with Gasteiger partial charge in [-0.1, -0.05) is 30.6 Å². The van der Waals surface area contributed by atoms with E-state index in [0.717, 1.165) is 45.1 Å². The second-order valence-corrected chi connectivity index (χ2v) is 9.24. The second kappa shape index (κ2) is 11.1. The maximum Gasteiger partial charge on any atom is 0.174 e. The van der Waals surface area contributed by atoms with Gasteiger partial charge in [-0.05, 0) is 87.0 Å². The topological polar surface area (TPSA) is 18.5 Å². The third-order valence-corrected chi connectivity index (χ3v) is 7.16. The average Bonchev–Trinajstić information content (AvgIpc) is 2.84. The molecule has 0 N–H and O–H groups in total. The molecule has 4 rings (SSSR count). The first-order valence-electron chi connectivity index (χ1n) is 12.1. The highest BCUT2D eigenvalue weighted by Crippen LogP contribution is 2.47. The molecule has 0 heterocycles. The summed E-state index contributed by atoms with van der Waals surface area (Å²) < 4.78 is 55.3. The van der Waals surface area contributed by atoms with Gasteiger partial charge >= 0.3 is 0 Å². The van der Waals surface area contributed by atoms with Crippen LogP contribution in [0.5, 0.6) is 5.75 Å². The number of benzene rings is 2. The molecule has 2 fully saturated rings. The summed E-state index contributed by atoms with van der Waals surface area (Å²) in [5.41, 5.74) is 0.456. The van der Waals surface area contributed by atoms with Crippen molar-refractivity contribution in [3.8, 4) is 17.6 Å². The molecule has 0 radical (unpaired) electrons. The molecule has 0 spiro atoms. The minimum Gasteiger partial charge on any atom is -0.489 e. The van der Waals surface area contributed by atoms with Crippen molar-refractivity contribution in [1.82, 2.24) is 0 Å². The lowest BCUT2D eigenvalue weighted by Crippen LogP contribution is -2.34. The molecule has 0 aromatic heterocycles. The Morgan fingerprint density at radius 3 is 2.44 bits per heavy atom. The van der Waals surface area contributed by atoms with Gasteiger partial charge in [0.2, 0.25) is 0 Å². The summed E-state index contributed by atoms with van der Waals surface area (Å²) in [7, 11) is 0. The van der Waals surface area contributed by atoms with Crippen LogP contribution in [0.3, 0.4) is 0 Å². The Hall–Kier alpha value is -2.71. The molecule has 2 aliphatic carbocycles. The van der Waals surface area contributed by atoms with Crippen LogP contribution in [0, 0.1) is 41.1 Å². The molecular formula is C29H31F3O2. The van der Waals surface area contributed by atoms with Gasteiger partial charge < -0.3 is 9.47 Å². The number of ether oxygens (including phenoxy) is 2. The molecule has 5 heteroatoms. The zero-order valence-electron chi connectivity index (χ0n) is 19.6. The molecule has 4 atom stereocenters. The number of rotatable bonds is 6. The Bertz CT molecular complexity index is 1080. The van der Waals surface area contributed by atoms with Crippen molar-refractivity contribution in [2.24, 2.45) is 11.8 Å². The summed E-state index contributed by atoms with van der Waals surface area (Å²) in [5, 5.41) is 0. The molecule has 180 valence electrons. The van der Waals surface area contributed by atoms with Crippen LogP contribution >= 0.6 is 0 Å². The third-order valence-electron chi connectivity index (χ3n) is 7.16. The van der Waals surface area contributed by atoms with E-state index < -0.39 is 17.5 Å². The average molecular weight is 469 g/mol. The third kappa shape index (κ3) is 5.50. The Kier molecular flexibility index (Phi) is 8.00. The van der Waals surface area contributed by atoms with E-state index in [-0.39, 0.29) is 23.7 Å². The lowest BCUT2D eigenvalue weighted by molar-refractivity contribution is -0.00970. The molecule has 0 aliphatic heterocycles. The van der Waals surface area contributed by atoms with Crippen LogP contribution < -0.4 is 4.74 Å². The van der Waals surface area contributed by atoms with Gasteiger partial charge in [-0.2, -0.15) is 0 Å². The standard InChI is InChI=1S/C29H31F3O2/c1-3-15-34-25-12-9-19(27(30)18-25)5-6-20-11-14-26(29(32)28(20)31)23-8-7-22-17-24(33-4-2)13-10-21(22)16-23/h3,9,11-12,14,18,21-24H,1,4,7-8,10,13,15-17H2,2H3. The summed E-state index contributed by atoms with van der Waals surface area (Å²) in [6, 6.07) is 7.42. The minimum absolute atomic E-state index is 0.0157. The second-order valence-electron chi connectivity index (χ2n) is 9.24. The fraction of sp³-hybridized carbons (Fsp3) is 0.448. The summed E-state index contributed by atoms with van der Waals surface area (Å²) in [5.74, 6) is 4.36. The van der Waals surface area contributed by atoms with E-state index in [2.05, 4.69) is 18.4 Å². The van der Waals surface area contributed by atoms with Crippen molar-refractivity contribution < 1.29 is 22.6 Å². The van der Waals surface area contributed by atoms with Gasteiger partial charge in [-0.3, -0.25) is 0 Å². The summed E-state index contributed by atoms with van der Waals surface area (Å²) in [4.78, 5) is 0. The van der Waals surface area contributed by atoms with Crippen LogP contribution in [0.15, 0.2) is 43.0 Å². The molecule has 0 saturated heterocycles. The molecule has 34 heavy (non-hydrogen) atoms. The van der Waals surface area contributed by atoms with Crippen molar-refractivity contribution in [3.63, 3.8) is 0 Å². The molecule has 2 saturated carbocycles. The molecule has 4 unspecified atom stereocenters. The van der Waals surface area contributed by atoms with E-state index in [9.17, 15) is 8.78 Å². The maximum absolute atomic E-state index is 15.0. The zero-order valence-corrected chi connectivity index (χ0v) is 19.6. The highest BCUT2D eigenvalue weighted by molar-refractivity contribution is 5.47. The fourth-order valence-corrected chi connectivity index (χ4v) is 5.47. The van der Waals surface area contributed by atoms with Gasteiger partial charge in [-0.25, -0.2) is 13.2 Å². The minimum atomic E-state index is -0.960. The van der Waals surface area contributed by atoms with Crippen LogP contribution in [0.25, 0.3) is 0 Å². The van der Waals surface area contributed by atoms with Gasteiger partial charge in [0.1, 0.15) is 18.2 Å². The SMILES string of the molecule is C=CCOc1ccc(C#Cc2ccc(C3CCC4CC(OCC)CCC4C3)c(F)c2F)c(F)c1. The molecule has 2 aromatic carbocycles. The quantitative estimate of drug-likeness (QED) is 0.331. The van der Waals surface area contributed by atoms with Gasteiger partial charge in [0.25, 0.3) is 0 Å². The molecule has 0 bridgehead atoms. The Morgan fingerprint density at radius 2 is 1.68 bits per heavy atom. The molecule has 2 aliphatic rings. The predicted octanol–water partition coefficient (Wildman–Crippen LogP) is 7.16. The summed E-state index contributed by atoms with van der Waals surface area (Å²) in [6.45, 7) is 6.58.